The van der Waals surface area contributed by atoms with Crippen molar-refractivity contribution >= 4 is 37.7 Å². The molecule has 0 radical (unpaired) electrons. The Bertz CT molecular complexity index is 2020. The van der Waals surface area contributed by atoms with Crippen molar-refractivity contribution in [1.29, 1.82) is 0 Å². The van der Waals surface area contributed by atoms with Crippen LogP contribution in [-0.2, 0) is 16.3 Å². The summed E-state index contributed by atoms with van der Waals surface area (Å²) in [4.78, 5) is 21.3. The summed E-state index contributed by atoms with van der Waals surface area (Å²) in [5, 5.41) is 11.5. The molecule has 0 aliphatic carbocycles. The number of sulfone groups is 1. The van der Waals surface area contributed by atoms with Gasteiger partial charge in [-0.25, -0.2) is 27.8 Å². The maximum Gasteiger partial charge on any atom is 0.181 e. The average Bonchev–Trinajstić information content (AvgIpc) is 3.54. The van der Waals surface area contributed by atoms with Gasteiger partial charge < -0.3 is 10.3 Å². The van der Waals surface area contributed by atoms with Gasteiger partial charge in [-0.2, -0.15) is 5.10 Å². The zero-order valence-corrected chi connectivity index (χ0v) is 23.4. The van der Waals surface area contributed by atoms with Gasteiger partial charge in [0, 0.05) is 53.8 Å². The number of nitrogens with zero attached hydrogens (tertiary/aromatic N) is 5. The Labute approximate surface area is 235 Å². The SMILES string of the molecule is CC(C)Nc1cncc(-c2cnc3n[nH]c(-c4nc5nccc(-c6cc(F)cc(CCS(C)(=O)=O)c6)c5[nH]4)c3c2)c1. The summed E-state index contributed by atoms with van der Waals surface area (Å²) in [6.07, 6.45) is 8.32. The first-order valence-corrected chi connectivity index (χ1v) is 15.1. The van der Waals surface area contributed by atoms with E-state index in [0.717, 1.165) is 22.2 Å². The Morgan fingerprint density at radius 1 is 0.976 bits per heavy atom. The van der Waals surface area contributed by atoms with E-state index in [1.165, 1.54) is 18.4 Å². The molecule has 6 rings (SSSR count). The number of fused-ring (bicyclic) bond motifs is 2. The third kappa shape index (κ3) is 5.64. The third-order valence-electron chi connectivity index (χ3n) is 6.60. The number of aromatic amines is 2. The van der Waals surface area contributed by atoms with E-state index in [0.29, 0.717) is 45.0 Å². The fraction of sp³-hybridized carbons (Fsp3) is 0.207. The predicted molar refractivity (Wildman–Crippen MR) is 158 cm³/mol. The molecule has 0 unspecified atom stereocenters. The summed E-state index contributed by atoms with van der Waals surface area (Å²) in [6, 6.07) is 10.6. The number of anilines is 1. The lowest BCUT2D eigenvalue weighted by molar-refractivity contribution is 0.600. The highest BCUT2D eigenvalue weighted by molar-refractivity contribution is 7.90. The van der Waals surface area contributed by atoms with Gasteiger partial charge in [-0.15, -0.1) is 0 Å². The molecule has 41 heavy (non-hydrogen) atoms. The van der Waals surface area contributed by atoms with Crippen LogP contribution >= 0.6 is 0 Å². The standard InChI is InChI=1S/C29H27FN8O2S/c1-16(2)34-22-11-19(13-31-15-22)20-12-24-26(37-38-27(24)33-14-20)29-35-25-23(4-6-32-28(25)36-29)18-8-17(9-21(30)10-18)5-7-41(3,39)40/h4,6,8-16,34H,5,7H2,1-3H3,(H,32,35,36)(H,33,37,38). The number of aryl methyl sites for hydroxylation is 1. The molecule has 6 aromatic rings. The molecule has 5 heterocycles. The first kappa shape index (κ1) is 26.5. The Hall–Kier alpha value is -4.71. The highest BCUT2D eigenvalue weighted by atomic mass is 32.2. The summed E-state index contributed by atoms with van der Waals surface area (Å²) in [7, 11) is -3.18. The summed E-state index contributed by atoms with van der Waals surface area (Å²) >= 11 is 0. The number of nitrogens with one attached hydrogen (secondary N) is 3. The van der Waals surface area contributed by atoms with Crippen LogP contribution in [0.3, 0.4) is 0 Å². The van der Waals surface area contributed by atoms with E-state index in [9.17, 15) is 12.8 Å². The van der Waals surface area contributed by atoms with Gasteiger partial charge in [-0.1, -0.05) is 6.07 Å². The van der Waals surface area contributed by atoms with Crippen LogP contribution in [0.1, 0.15) is 19.4 Å². The second kappa shape index (κ2) is 10.4. The molecule has 5 aromatic heterocycles. The molecule has 10 nitrogen and oxygen atoms in total. The number of hydrogen-bond donors (Lipinski definition) is 3. The molecule has 208 valence electrons. The summed E-state index contributed by atoms with van der Waals surface area (Å²) in [5.74, 6) is -0.00706. The molecule has 0 fully saturated rings. The summed E-state index contributed by atoms with van der Waals surface area (Å²) in [6.45, 7) is 4.13. The normalized spacial score (nSPS) is 12.0. The van der Waals surface area contributed by atoms with Gasteiger partial charge in [-0.05, 0) is 61.7 Å². The third-order valence-corrected chi connectivity index (χ3v) is 7.54. The van der Waals surface area contributed by atoms with E-state index in [4.69, 9.17) is 4.98 Å². The quantitative estimate of drug-likeness (QED) is 0.227. The molecule has 12 heteroatoms. The summed E-state index contributed by atoms with van der Waals surface area (Å²) < 4.78 is 37.9. The Kier molecular flexibility index (Phi) is 6.70. The fourth-order valence-corrected chi connectivity index (χ4v) is 5.38. The molecule has 1 aromatic carbocycles. The Morgan fingerprint density at radius 2 is 1.80 bits per heavy atom. The van der Waals surface area contributed by atoms with E-state index in [1.54, 1.807) is 36.9 Å². The minimum Gasteiger partial charge on any atom is -0.382 e. The van der Waals surface area contributed by atoms with Crippen LogP contribution in [0.15, 0.2) is 61.2 Å². The smallest absolute Gasteiger partial charge is 0.181 e. The Balaban J connectivity index is 1.40. The Morgan fingerprint density at radius 3 is 2.61 bits per heavy atom. The van der Waals surface area contributed by atoms with Gasteiger partial charge in [0.2, 0.25) is 0 Å². The number of aromatic nitrogens is 7. The largest absolute Gasteiger partial charge is 0.382 e. The molecular formula is C29H27FN8O2S. The van der Waals surface area contributed by atoms with Crippen LogP contribution in [0.25, 0.3) is 56.0 Å². The fourth-order valence-electron chi connectivity index (χ4n) is 4.77. The van der Waals surface area contributed by atoms with Gasteiger partial charge in [0.15, 0.2) is 17.1 Å². The molecule has 0 spiro atoms. The number of hydrogen-bond acceptors (Lipinski definition) is 8. The van der Waals surface area contributed by atoms with Crippen LogP contribution in [-0.4, -0.2) is 61.6 Å². The van der Waals surface area contributed by atoms with E-state index in [2.05, 4.69) is 49.3 Å². The minimum absolute atomic E-state index is 0.0621. The molecule has 0 aliphatic heterocycles. The number of rotatable bonds is 8. The lowest BCUT2D eigenvalue weighted by atomic mass is 10.0. The van der Waals surface area contributed by atoms with Crippen molar-refractivity contribution in [1.82, 2.24) is 35.1 Å². The van der Waals surface area contributed by atoms with Crippen molar-refractivity contribution in [2.24, 2.45) is 0 Å². The van der Waals surface area contributed by atoms with E-state index >= 15 is 0 Å². The second-order valence-corrected chi connectivity index (χ2v) is 12.6. The second-order valence-electron chi connectivity index (χ2n) is 10.3. The van der Waals surface area contributed by atoms with Gasteiger partial charge in [0.05, 0.1) is 22.3 Å². The van der Waals surface area contributed by atoms with Crippen LogP contribution in [0.2, 0.25) is 0 Å². The van der Waals surface area contributed by atoms with Crippen molar-refractivity contribution in [3.63, 3.8) is 0 Å². The van der Waals surface area contributed by atoms with E-state index in [-0.39, 0.29) is 18.2 Å². The molecule has 0 saturated carbocycles. The molecule has 0 atom stereocenters. The highest BCUT2D eigenvalue weighted by Gasteiger charge is 2.17. The van der Waals surface area contributed by atoms with Crippen LogP contribution in [0, 0.1) is 5.82 Å². The predicted octanol–water partition coefficient (Wildman–Crippen LogP) is 5.17. The number of imidazole rings is 1. The topological polar surface area (TPSA) is 142 Å². The number of benzene rings is 1. The molecule has 3 N–H and O–H groups in total. The molecule has 0 amide bonds. The van der Waals surface area contributed by atoms with Crippen molar-refractivity contribution in [2.45, 2.75) is 26.3 Å². The lowest BCUT2D eigenvalue weighted by Crippen LogP contribution is -2.09. The zero-order valence-electron chi connectivity index (χ0n) is 22.6. The van der Waals surface area contributed by atoms with Crippen molar-refractivity contribution < 1.29 is 12.8 Å². The van der Waals surface area contributed by atoms with Gasteiger partial charge >= 0.3 is 0 Å². The molecule has 0 bridgehead atoms. The lowest BCUT2D eigenvalue weighted by Gasteiger charge is -2.10. The maximum absolute atomic E-state index is 14.6. The van der Waals surface area contributed by atoms with Crippen molar-refractivity contribution in [2.75, 3.05) is 17.3 Å². The summed E-state index contributed by atoms with van der Waals surface area (Å²) in [5.41, 5.74) is 6.80. The minimum atomic E-state index is -3.18. The van der Waals surface area contributed by atoms with E-state index in [1.807, 2.05) is 12.1 Å². The first-order chi connectivity index (χ1) is 19.6. The molecular weight excluding hydrogens is 543 g/mol. The van der Waals surface area contributed by atoms with Crippen LogP contribution in [0.5, 0.6) is 0 Å². The van der Waals surface area contributed by atoms with Crippen LogP contribution < -0.4 is 5.32 Å². The maximum atomic E-state index is 14.6. The number of pyridine rings is 3. The monoisotopic (exact) mass is 570 g/mol. The zero-order chi connectivity index (χ0) is 28.7. The average molecular weight is 571 g/mol. The van der Waals surface area contributed by atoms with Crippen LogP contribution in [0.4, 0.5) is 10.1 Å². The van der Waals surface area contributed by atoms with Gasteiger partial charge in [0.1, 0.15) is 21.3 Å². The molecule has 0 aliphatic rings. The number of halogens is 1. The van der Waals surface area contributed by atoms with Gasteiger partial charge in [-0.3, -0.25) is 10.1 Å². The van der Waals surface area contributed by atoms with E-state index < -0.39 is 15.7 Å². The molecule has 0 saturated heterocycles. The first-order valence-electron chi connectivity index (χ1n) is 13.0. The number of H-pyrrole nitrogens is 2. The highest BCUT2D eigenvalue weighted by Crippen LogP contribution is 2.33. The van der Waals surface area contributed by atoms with Crippen molar-refractivity contribution in [3.05, 3.63) is 72.6 Å². The van der Waals surface area contributed by atoms with Crippen molar-refractivity contribution in [3.8, 4) is 33.8 Å². The van der Waals surface area contributed by atoms with Gasteiger partial charge in [0.25, 0.3) is 0 Å².